The topological polar surface area (TPSA) is 12.0 Å². The van der Waals surface area contributed by atoms with Gasteiger partial charge in [0.05, 0.1) is 5.02 Å². The van der Waals surface area contributed by atoms with Crippen LogP contribution in [0.5, 0.6) is 0 Å². The molecule has 0 spiro atoms. The first-order valence-electron chi connectivity index (χ1n) is 5.48. The summed E-state index contributed by atoms with van der Waals surface area (Å²) in [5.74, 6) is -0.357. The molecule has 0 aliphatic carbocycles. The molecule has 0 amide bonds. The molecule has 1 unspecified atom stereocenters. The lowest BCUT2D eigenvalue weighted by molar-refractivity contribution is 0.285. The van der Waals surface area contributed by atoms with E-state index in [4.69, 9.17) is 11.6 Å². The predicted octanol–water partition coefficient (Wildman–Crippen LogP) is 4.00. The van der Waals surface area contributed by atoms with Crippen molar-refractivity contribution in [1.29, 1.82) is 0 Å². The lowest BCUT2D eigenvalue weighted by atomic mass is 9.88. The Hall–Kier alpha value is -0.600. The van der Waals surface area contributed by atoms with Gasteiger partial charge >= 0.3 is 0 Å². The highest BCUT2D eigenvalue weighted by Gasteiger charge is 2.19. The molecule has 0 heterocycles. The molecule has 0 aliphatic rings. The zero-order valence-corrected chi connectivity index (χ0v) is 11.0. The highest BCUT2D eigenvalue weighted by molar-refractivity contribution is 6.30. The molecule has 0 radical (unpaired) electrons. The Labute approximate surface area is 102 Å². The third kappa shape index (κ3) is 3.76. The van der Waals surface area contributed by atoms with Crippen LogP contribution in [-0.2, 0) is 6.54 Å². The standard InChI is InChI=1S/C13H19ClFN/c1-9(13(2,3)4)16-8-10-5-6-11(14)12(15)7-10/h5-7,9,16H,8H2,1-4H3. The summed E-state index contributed by atoms with van der Waals surface area (Å²) >= 11 is 5.62. The van der Waals surface area contributed by atoms with Crippen LogP contribution < -0.4 is 5.32 Å². The maximum atomic E-state index is 13.2. The van der Waals surface area contributed by atoms with Crippen LogP contribution in [-0.4, -0.2) is 6.04 Å². The van der Waals surface area contributed by atoms with Crippen molar-refractivity contribution >= 4 is 11.6 Å². The van der Waals surface area contributed by atoms with Crippen molar-refractivity contribution in [3.05, 3.63) is 34.6 Å². The van der Waals surface area contributed by atoms with Crippen molar-refractivity contribution in [3.63, 3.8) is 0 Å². The van der Waals surface area contributed by atoms with Gasteiger partial charge in [0.15, 0.2) is 0 Å². The first kappa shape index (κ1) is 13.5. The highest BCUT2D eigenvalue weighted by Crippen LogP contribution is 2.20. The minimum Gasteiger partial charge on any atom is -0.310 e. The van der Waals surface area contributed by atoms with Gasteiger partial charge in [-0.2, -0.15) is 0 Å². The minimum atomic E-state index is -0.357. The van der Waals surface area contributed by atoms with Gasteiger partial charge in [0.1, 0.15) is 5.82 Å². The Morgan fingerprint density at radius 3 is 2.50 bits per heavy atom. The molecular formula is C13H19ClFN. The highest BCUT2D eigenvalue weighted by atomic mass is 35.5. The summed E-state index contributed by atoms with van der Waals surface area (Å²) in [5, 5.41) is 3.55. The van der Waals surface area contributed by atoms with Gasteiger partial charge in [-0.3, -0.25) is 0 Å². The monoisotopic (exact) mass is 243 g/mol. The van der Waals surface area contributed by atoms with Crippen LogP contribution in [0.15, 0.2) is 18.2 Å². The van der Waals surface area contributed by atoms with E-state index < -0.39 is 0 Å². The zero-order chi connectivity index (χ0) is 12.3. The van der Waals surface area contributed by atoms with E-state index in [0.717, 1.165) is 5.56 Å². The Morgan fingerprint density at radius 2 is 2.00 bits per heavy atom. The van der Waals surface area contributed by atoms with Crippen molar-refractivity contribution in [2.45, 2.75) is 40.3 Å². The molecule has 90 valence electrons. The second-order valence-corrected chi connectivity index (χ2v) is 5.62. The van der Waals surface area contributed by atoms with E-state index in [1.165, 1.54) is 6.07 Å². The Kier molecular flexibility index (Phi) is 4.34. The van der Waals surface area contributed by atoms with Crippen molar-refractivity contribution in [2.75, 3.05) is 0 Å². The van der Waals surface area contributed by atoms with Crippen LogP contribution in [0.4, 0.5) is 4.39 Å². The van der Waals surface area contributed by atoms with Crippen LogP contribution in [0, 0.1) is 11.2 Å². The number of halogens is 2. The molecule has 1 aromatic rings. The molecular weight excluding hydrogens is 225 g/mol. The quantitative estimate of drug-likeness (QED) is 0.846. The van der Waals surface area contributed by atoms with E-state index in [2.05, 4.69) is 33.0 Å². The van der Waals surface area contributed by atoms with Gasteiger partial charge in [0, 0.05) is 12.6 Å². The average Bonchev–Trinajstić information content (AvgIpc) is 2.18. The molecule has 0 fully saturated rings. The third-order valence-corrected chi connectivity index (χ3v) is 3.20. The molecule has 1 rings (SSSR count). The van der Waals surface area contributed by atoms with Crippen molar-refractivity contribution in [1.82, 2.24) is 5.32 Å². The summed E-state index contributed by atoms with van der Waals surface area (Å²) < 4.78 is 13.2. The van der Waals surface area contributed by atoms with Crippen LogP contribution in [0.3, 0.4) is 0 Å². The summed E-state index contributed by atoms with van der Waals surface area (Å²) in [5.41, 5.74) is 1.11. The SMILES string of the molecule is CC(NCc1ccc(Cl)c(F)c1)C(C)(C)C. The van der Waals surface area contributed by atoms with E-state index in [0.29, 0.717) is 12.6 Å². The number of hydrogen-bond donors (Lipinski definition) is 1. The fraction of sp³-hybridized carbons (Fsp3) is 0.538. The normalized spacial score (nSPS) is 13.9. The van der Waals surface area contributed by atoms with Crippen LogP contribution in [0.25, 0.3) is 0 Å². The number of nitrogens with one attached hydrogen (secondary N) is 1. The van der Waals surface area contributed by atoms with Gasteiger partial charge in [-0.25, -0.2) is 4.39 Å². The minimum absolute atomic E-state index is 0.174. The third-order valence-electron chi connectivity index (χ3n) is 2.90. The van der Waals surface area contributed by atoms with Gasteiger partial charge in [0.2, 0.25) is 0 Å². The second-order valence-electron chi connectivity index (χ2n) is 5.22. The fourth-order valence-electron chi connectivity index (χ4n) is 1.23. The summed E-state index contributed by atoms with van der Waals surface area (Å²) in [6, 6.07) is 5.28. The van der Waals surface area contributed by atoms with Gasteiger partial charge in [-0.1, -0.05) is 38.4 Å². The van der Waals surface area contributed by atoms with E-state index in [1.807, 2.05) is 6.07 Å². The smallest absolute Gasteiger partial charge is 0.142 e. The van der Waals surface area contributed by atoms with Gasteiger partial charge in [0.25, 0.3) is 0 Å². The Morgan fingerprint density at radius 1 is 1.38 bits per heavy atom. The second kappa shape index (κ2) is 5.15. The maximum absolute atomic E-state index is 13.2. The molecule has 0 bridgehead atoms. The van der Waals surface area contributed by atoms with Crippen molar-refractivity contribution in [3.8, 4) is 0 Å². The summed E-state index contributed by atoms with van der Waals surface area (Å²) in [6.45, 7) is 9.31. The zero-order valence-electron chi connectivity index (χ0n) is 10.3. The largest absolute Gasteiger partial charge is 0.310 e. The van der Waals surface area contributed by atoms with Gasteiger partial charge in [-0.15, -0.1) is 0 Å². The first-order chi connectivity index (χ1) is 7.30. The first-order valence-corrected chi connectivity index (χ1v) is 5.86. The Balaban J connectivity index is 2.58. The Bertz CT molecular complexity index is 357. The average molecular weight is 244 g/mol. The lowest BCUT2D eigenvalue weighted by Gasteiger charge is -2.28. The maximum Gasteiger partial charge on any atom is 0.142 e. The molecule has 1 nitrogen and oxygen atoms in total. The number of hydrogen-bond acceptors (Lipinski definition) is 1. The molecule has 0 saturated heterocycles. The van der Waals surface area contributed by atoms with E-state index in [1.54, 1.807) is 6.07 Å². The van der Waals surface area contributed by atoms with E-state index in [9.17, 15) is 4.39 Å². The molecule has 0 aliphatic heterocycles. The summed E-state index contributed by atoms with van der Waals surface area (Å²) in [4.78, 5) is 0. The van der Waals surface area contributed by atoms with E-state index in [-0.39, 0.29) is 16.3 Å². The van der Waals surface area contributed by atoms with Crippen LogP contribution in [0.2, 0.25) is 5.02 Å². The summed E-state index contributed by atoms with van der Waals surface area (Å²) in [6.07, 6.45) is 0. The van der Waals surface area contributed by atoms with Gasteiger partial charge < -0.3 is 5.32 Å². The van der Waals surface area contributed by atoms with Crippen molar-refractivity contribution in [2.24, 2.45) is 5.41 Å². The molecule has 3 heteroatoms. The molecule has 1 aromatic carbocycles. The lowest BCUT2D eigenvalue weighted by Crippen LogP contribution is -2.37. The van der Waals surface area contributed by atoms with Crippen LogP contribution >= 0.6 is 11.6 Å². The molecule has 16 heavy (non-hydrogen) atoms. The van der Waals surface area contributed by atoms with Gasteiger partial charge in [-0.05, 0) is 30.0 Å². The molecule has 1 atom stereocenters. The van der Waals surface area contributed by atoms with Crippen molar-refractivity contribution < 1.29 is 4.39 Å². The molecule has 0 aromatic heterocycles. The summed E-state index contributed by atoms with van der Waals surface area (Å²) in [7, 11) is 0. The molecule has 0 saturated carbocycles. The molecule has 1 N–H and O–H groups in total. The predicted molar refractivity (Wildman–Crippen MR) is 67.2 cm³/mol. The van der Waals surface area contributed by atoms with E-state index >= 15 is 0 Å². The van der Waals surface area contributed by atoms with Crippen LogP contribution in [0.1, 0.15) is 33.3 Å². The fourth-order valence-corrected chi connectivity index (χ4v) is 1.34. The number of benzene rings is 1. The number of rotatable bonds is 3.